The van der Waals surface area contributed by atoms with Crippen molar-refractivity contribution >= 4 is 6.41 Å². The lowest BCUT2D eigenvalue weighted by Gasteiger charge is -2.31. The van der Waals surface area contributed by atoms with Gasteiger partial charge in [-0.05, 0) is 67.2 Å². The number of nitrogens with zero attached hydrogens (tertiary/aromatic N) is 1. The molecule has 0 radical (unpaired) electrons. The van der Waals surface area contributed by atoms with Crippen LogP contribution >= 0.6 is 0 Å². The Bertz CT molecular complexity index is 281. The normalized spacial score (nSPS) is 13.4. The quantitative estimate of drug-likeness (QED) is 0.436. The van der Waals surface area contributed by atoms with E-state index >= 15 is 0 Å². The van der Waals surface area contributed by atoms with Crippen LogP contribution in [0, 0.1) is 0 Å². The van der Waals surface area contributed by atoms with Crippen LogP contribution in [0.3, 0.4) is 0 Å². The van der Waals surface area contributed by atoms with Gasteiger partial charge >= 0.3 is 0 Å². The highest BCUT2D eigenvalue weighted by atomic mass is 16.1. The Labute approximate surface area is 119 Å². The van der Waals surface area contributed by atoms with Crippen molar-refractivity contribution in [2.24, 2.45) is 0 Å². The van der Waals surface area contributed by atoms with E-state index in [1.807, 2.05) is 4.90 Å². The Hall–Kier alpha value is -1.05. The van der Waals surface area contributed by atoms with Gasteiger partial charge in [-0.3, -0.25) is 4.79 Å². The van der Waals surface area contributed by atoms with Crippen LogP contribution in [0.4, 0.5) is 0 Å². The third-order valence-electron chi connectivity index (χ3n) is 3.41. The number of carbonyl (C=O) groups excluding carboxylic acids is 1. The fraction of sp³-hybridized carbons (Fsp3) is 0.706. The fourth-order valence-electron chi connectivity index (χ4n) is 2.17. The largest absolute Gasteiger partial charge is 0.340 e. The lowest BCUT2D eigenvalue weighted by atomic mass is 10.1. The first-order valence-electron chi connectivity index (χ1n) is 7.38. The molecule has 0 heterocycles. The molecule has 0 bridgehead atoms. The van der Waals surface area contributed by atoms with Crippen molar-refractivity contribution in [3.05, 3.63) is 23.3 Å². The molecular weight excluding hydrogens is 234 g/mol. The highest BCUT2D eigenvalue weighted by Gasteiger charge is 2.16. The van der Waals surface area contributed by atoms with Crippen LogP contribution in [-0.4, -0.2) is 23.4 Å². The molecule has 0 unspecified atom stereocenters. The fourth-order valence-corrected chi connectivity index (χ4v) is 2.17. The van der Waals surface area contributed by atoms with E-state index in [9.17, 15) is 4.79 Å². The Kier molecular flexibility index (Phi) is 9.28. The minimum absolute atomic E-state index is 0.315. The molecule has 0 N–H and O–H groups in total. The van der Waals surface area contributed by atoms with Crippen LogP contribution in [-0.2, 0) is 4.79 Å². The molecule has 2 atom stereocenters. The van der Waals surface area contributed by atoms with Crippen molar-refractivity contribution in [3.63, 3.8) is 0 Å². The average Bonchev–Trinajstić information content (AvgIpc) is 2.28. The molecule has 0 fully saturated rings. The second-order valence-electron chi connectivity index (χ2n) is 5.97. The van der Waals surface area contributed by atoms with Gasteiger partial charge in [0.2, 0.25) is 6.41 Å². The Balaban J connectivity index is 4.26. The smallest absolute Gasteiger partial charge is 0.210 e. The van der Waals surface area contributed by atoms with Crippen LogP contribution in [0.1, 0.15) is 67.2 Å². The van der Waals surface area contributed by atoms with Gasteiger partial charge < -0.3 is 4.90 Å². The van der Waals surface area contributed by atoms with Crippen LogP contribution < -0.4 is 0 Å². The number of rotatable bonds is 9. The zero-order chi connectivity index (χ0) is 14.8. The average molecular weight is 265 g/mol. The maximum Gasteiger partial charge on any atom is 0.210 e. The van der Waals surface area contributed by atoms with E-state index in [2.05, 4.69) is 53.7 Å². The molecule has 0 aromatic heterocycles. The summed E-state index contributed by atoms with van der Waals surface area (Å²) in [4.78, 5) is 13.2. The minimum atomic E-state index is 0.315. The predicted molar refractivity (Wildman–Crippen MR) is 84.2 cm³/mol. The first-order valence-corrected chi connectivity index (χ1v) is 7.38. The summed E-state index contributed by atoms with van der Waals surface area (Å²) in [6.07, 6.45) is 9.68. The summed E-state index contributed by atoms with van der Waals surface area (Å²) in [7, 11) is 0. The lowest BCUT2D eigenvalue weighted by molar-refractivity contribution is -0.122. The van der Waals surface area contributed by atoms with Crippen LogP contribution in [0.15, 0.2) is 23.3 Å². The summed E-state index contributed by atoms with van der Waals surface area (Å²) in [6.45, 7) is 12.7. The van der Waals surface area contributed by atoms with Gasteiger partial charge in [0.25, 0.3) is 0 Å². The first-order chi connectivity index (χ1) is 8.88. The van der Waals surface area contributed by atoms with E-state index < -0.39 is 0 Å². The van der Waals surface area contributed by atoms with Crippen molar-refractivity contribution in [2.75, 3.05) is 0 Å². The monoisotopic (exact) mass is 265 g/mol. The number of hydrogen-bond acceptors (Lipinski definition) is 1. The van der Waals surface area contributed by atoms with Crippen molar-refractivity contribution in [3.8, 4) is 0 Å². The molecule has 2 heteroatoms. The van der Waals surface area contributed by atoms with Gasteiger partial charge in [0.05, 0.1) is 0 Å². The van der Waals surface area contributed by atoms with Gasteiger partial charge in [-0.15, -0.1) is 0 Å². The summed E-state index contributed by atoms with van der Waals surface area (Å²) in [5.74, 6) is 0. The third-order valence-corrected chi connectivity index (χ3v) is 3.41. The molecule has 0 saturated heterocycles. The van der Waals surface area contributed by atoms with Gasteiger partial charge in [-0.1, -0.05) is 23.3 Å². The molecule has 0 saturated carbocycles. The number of carbonyl (C=O) groups is 1. The first kappa shape index (κ1) is 17.9. The molecule has 110 valence electrons. The van der Waals surface area contributed by atoms with Gasteiger partial charge in [0.1, 0.15) is 0 Å². The lowest BCUT2D eigenvalue weighted by Crippen LogP contribution is -2.39. The van der Waals surface area contributed by atoms with Crippen LogP contribution in [0.2, 0.25) is 0 Å². The number of allylic oxidation sites excluding steroid dienone is 4. The SMILES string of the molecule is CC(C)=CCC[C@@H](C)N(C=O)[C@@H](C)CCC=C(C)C. The van der Waals surface area contributed by atoms with Crippen molar-refractivity contribution in [1.82, 2.24) is 4.90 Å². The third kappa shape index (κ3) is 8.63. The molecule has 0 aliphatic heterocycles. The van der Waals surface area contributed by atoms with Gasteiger partial charge in [0.15, 0.2) is 0 Å². The second kappa shape index (κ2) is 9.82. The maximum atomic E-state index is 11.3. The zero-order valence-electron chi connectivity index (χ0n) is 13.6. The molecule has 0 aromatic carbocycles. The summed E-state index contributed by atoms with van der Waals surface area (Å²) < 4.78 is 0. The van der Waals surface area contributed by atoms with Crippen molar-refractivity contribution < 1.29 is 4.79 Å². The zero-order valence-corrected chi connectivity index (χ0v) is 13.6. The van der Waals surface area contributed by atoms with Gasteiger partial charge in [-0.2, -0.15) is 0 Å². The van der Waals surface area contributed by atoms with Gasteiger partial charge in [-0.25, -0.2) is 0 Å². The van der Waals surface area contributed by atoms with Gasteiger partial charge in [0, 0.05) is 12.1 Å². The molecular formula is C17H31NO. The maximum absolute atomic E-state index is 11.3. The summed E-state index contributed by atoms with van der Waals surface area (Å²) in [5.41, 5.74) is 2.70. The molecule has 0 aliphatic carbocycles. The molecule has 2 nitrogen and oxygen atoms in total. The van der Waals surface area contributed by atoms with Crippen LogP contribution in [0.5, 0.6) is 0 Å². The van der Waals surface area contributed by atoms with E-state index in [1.54, 1.807) is 0 Å². The van der Waals surface area contributed by atoms with E-state index in [1.165, 1.54) is 11.1 Å². The van der Waals surface area contributed by atoms with Crippen molar-refractivity contribution in [2.45, 2.75) is 79.3 Å². The second-order valence-corrected chi connectivity index (χ2v) is 5.97. The summed E-state index contributed by atoms with van der Waals surface area (Å²) in [5, 5.41) is 0. The summed E-state index contributed by atoms with van der Waals surface area (Å²) >= 11 is 0. The van der Waals surface area contributed by atoms with E-state index in [-0.39, 0.29) is 0 Å². The van der Waals surface area contributed by atoms with Crippen LogP contribution in [0.25, 0.3) is 0 Å². The molecule has 1 amide bonds. The van der Waals surface area contributed by atoms with E-state index in [4.69, 9.17) is 0 Å². The molecule has 19 heavy (non-hydrogen) atoms. The molecule has 0 spiro atoms. The van der Waals surface area contributed by atoms with E-state index in [0.29, 0.717) is 12.1 Å². The van der Waals surface area contributed by atoms with Crippen molar-refractivity contribution in [1.29, 1.82) is 0 Å². The number of hydrogen-bond donors (Lipinski definition) is 0. The minimum Gasteiger partial charge on any atom is -0.340 e. The Morgan fingerprint density at radius 2 is 1.26 bits per heavy atom. The van der Waals surface area contributed by atoms with E-state index in [0.717, 1.165) is 32.1 Å². The number of amides is 1. The molecule has 0 aromatic rings. The topological polar surface area (TPSA) is 20.3 Å². The highest BCUT2D eigenvalue weighted by Crippen LogP contribution is 2.14. The summed E-state index contributed by atoms with van der Waals surface area (Å²) in [6, 6.07) is 0.629. The highest BCUT2D eigenvalue weighted by molar-refractivity contribution is 5.48. The Morgan fingerprint density at radius 3 is 1.53 bits per heavy atom. The molecule has 0 aliphatic rings. The Morgan fingerprint density at radius 1 is 0.895 bits per heavy atom. The molecule has 0 rings (SSSR count). The predicted octanol–water partition coefficient (Wildman–Crippen LogP) is 4.71. The standard InChI is InChI=1S/C17H31NO/c1-14(2)9-7-11-16(5)18(13-19)17(6)12-8-10-15(3)4/h9-10,13,16-17H,7-8,11-12H2,1-6H3/t16-,17+.